The average molecular weight is 239 g/mol. The molecule has 0 nitrogen and oxygen atoms in total. The van der Waals surface area contributed by atoms with E-state index in [1.54, 1.807) is 7.42 Å². The van der Waals surface area contributed by atoms with Gasteiger partial charge in [0.15, 0.2) is 0 Å². The summed E-state index contributed by atoms with van der Waals surface area (Å²) in [6.45, 7) is 0. The van der Waals surface area contributed by atoms with Crippen LogP contribution in [0.1, 0.15) is 0 Å². The Bertz CT molecular complexity index is 264. The van der Waals surface area contributed by atoms with E-state index >= 15 is 0 Å². The van der Waals surface area contributed by atoms with Crippen molar-refractivity contribution in [2.24, 2.45) is 0 Å². The van der Waals surface area contributed by atoms with Gasteiger partial charge in [-0.25, -0.2) is 0 Å². The topological polar surface area (TPSA) is 0 Å². The molecule has 0 aliphatic heterocycles. The van der Waals surface area contributed by atoms with Crippen molar-refractivity contribution in [2.45, 2.75) is 0 Å². The van der Waals surface area contributed by atoms with Gasteiger partial charge in [-0.15, -0.1) is 0 Å². The molecule has 2 aromatic heterocycles. The predicted molar refractivity (Wildman–Crippen MR) is 53.7 cm³/mol. The van der Waals surface area contributed by atoms with Crippen LogP contribution in [0.25, 0.3) is 0 Å². The van der Waals surface area contributed by atoms with E-state index in [1.807, 2.05) is 22.7 Å². The zero-order valence-electron chi connectivity index (χ0n) is 5.78. The molecule has 0 saturated heterocycles. The molecule has 0 aliphatic rings. The fourth-order valence-corrected chi connectivity index (χ4v) is 6.20. The van der Waals surface area contributed by atoms with Crippen molar-refractivity contribution in [3.05, 3.63) is 35.0 Å². The van der Waals surface area contributed by atoms with Crippen LogP contribution in [-0.4, -0.2) is 15.4 Å². The van der Waals surface area contributed by atoms with Crippen LogP contribution >= 0.6 is 22.7 Å². The molecule has 0 amide bonds. The first kappa shape index (κ1) is 7.58. The summed E-state index contributed by atoms with van der Waals surface area (Å²) in [7, 11) is 0. The third kappa shape index (κ3) is 1.95. The molecule has 3 heteroatoms. The molecule has 2 radical (unpaired) electrons. The Morgan fingerprint density at radius 3 is 1.82 bits per heavy atom. The monoisotopic (exact) mass is 240 g/mol. The molecule has 0 atom stereocenters. The second kappa shape index (κ2) is 3.56. The van der Waals surface area contributed by atoms with Crippen LogP contribution in [-0.2, 0) is 0 Å². The summed E-state index contributed by atoms with van der Waals surface area (Å²) in [6.07, 6.45) is 0. The Morgan fingerprint density at radius 2 is 1.45 bits per heavy atom. The number of hydrogen-bond acceptors (Lipinski definition) is 2. The van der Waals surface area contributed by atoms with Gasteiger partial charge in [0.2, 0.25) is 0 Å². The summed E-state index contributed by atoms with van der Waals surface area (Å²) in [5.41, 5.74) is 0. The normalized spacial score (nSPS) is 10.2. The summed E-state index contributed by atoms with van der Waals surface area (Å²) in [4.78, 5) is 0. The summed E-state index contributed by atoms with van der Waals surface area (Å²) < 4.78 is 3.15. The van der Waals surface area contributed by atoms with Crippen LogP contribution < -0.4 is 7.42 Å². The van der Waals surface area contributed by atoms with Gasteiger partial charge in [-0.1, -0.05) is 0 Å². The maximum atomic E-state index is 2.24. The van der Waals surface area contributed by atoms with E-state index in [1.165, 1.54) is 0 Å². The van der Waals surface area contributed by atoms with E-state index in [0.717, 1.165) is 0 Å². The average Bonchev–Trinajstić information content (AvgIpc) is 2.60. The van der Waals surface area contributed by atoms with Crippen LogP contribution in [0.3, 0.4) is 0 Å². The van der Waals surface area contributed by atoms with Crippen molar-refractivity contribution >= 4 is 45.5 Å². The van der Waals surface area contributed by atoms with E-state index in [9.17, 15) is 0 Å². The van der Waals surface area contributed by atoms with Gasteiger partial charge in [0.25, 0.3) is 0 Å². The van der Waals surface area contributed by atoms with Gasteiger partial charge in [0.1, 0.15) is 0 Å². The number of hydrogen-bond donors (Lipinski definition) is 0. The molecule has 0 fully saturated rings. The minimum absolute atomic E-state index is 0.00926. The van der Waals surface area contributed by atoms with Crippen LogP contribution in [0.15, 0.2) is 35.0 Å². The van der Waals surface area contributed by atoms with Crippen molar-refractivity contribution in [1.29, 1.82) is 0 Å². The molecular formula is C8H6GeS2. The molecule has 2 heterocycles. The van der Waals surface area contributed by atoms with Gasteiger partial charge < -0.3 is 0 Å². The van der Waals surface area contributed by atoms with Crippen LogP contribution in [0.5, 0.6) is 0 Å². The molecule has 2 rings (SSSR count). The summed E-state index contributed by atoms with van der Waals surface area (Å²) in [5.74, 6) is 0. The third-order valence-electron chi connectivity index (χ3n) is 1.29. The van der Waals surface area contributed by atoms with E-state index in [0.29, 0.717) is 0 Å². The van der Waals surface area contributed by atoms with E-state index in [4.69, 9.17) is 0 Å². The van der Waals surface area contributed by atoms with Gasteiger partial charge >= 0.3 is 80.5 Å². The molecular weight excluding hydrogens is 233 g/mol. The molecule has 54 valence electrons. The summed E-state index contributed by atoms with van der Waals surface area (Å²) in [6, 6.07) is 8.75. The Kier molecular flexibility index (Phi) is 2.46. The molecule has 0 aromatic carbocycles. The zero-order valence-corrected chi connectivity index (χ0v) is 9.51. The molecule has 0 aliphatic carbocycles. The molecule has 0 unspecified atom stereocenters. The van der Waals surface area contributed by atoms with Gasteiger partial charge in [-0.3, -0.25) is 0 Å². The van der Waals surface area contributed by atoms with Crippen LogP contribution in [0.4, 0.5) is 0 Å². The van der Waals surface area contributed by atoms with Crippen molar-refractivity contribution in [3.63, 3.8) is 0 Å². The molecule has 2 aromatic rings. The first-order chi connectivity index (χ1) is 5.45. The maximum absolute atomic E-state index is 2.24. The summed E-state index contributed by atoms with van der Waals surface area (Å²) >= 11 is 3.78. The van der Waals surface area contributed by atoms with Crippen LogP contribution in [0.2, 0.25) is 0 Å². The van der Waals surface area contributed by atoms with Gasteiger partial charge in [0, 0.05) is 0 Å². The van der Waals surface area contributed by atoms with Crippen molar-refractivity contribution in [2.75, 3.05) is 0 Å². The van der Waals surface area contributed by atoms with Gasteiger partial charge in [-0.05, 0) is 0 Å². The van der Waals surface area contributed by atoms with Crippen molar-refractivity contribution in [3.8, 4) is 0 Å². The van der Waals surface area contributed by atoms with Gasteiger partial charge in [-0.2, -0.15) is 0 Å². The molecule has 0 bridgehead atoms. The molecule has 11 heavy (non-hydrogen) atoms. The van der Waals surface area contributed by atoms with E-state index in [2.05, 4.69) is 35.0 Å². The minimum atomic E-state index is 0.00926. The standard InChI is InChI=1S/C8H6GeS2/c1-3-7(10-5-1)9-8-4-2-6-11-8/h1-6H. The Morgan fingerprint density at radius 1 is 0.909 bits per heavy atom. The Labute approximate surface area is 80.4 Å². The number of thiophene rings is 2. The second-order valence-electron chi connectivity index (χ2n) is 2.08. The second-order valence-corrected chi connectivity index (χ2v) is 8.28. The molecule has 0 spiro atoms. The fourth-order valence-electron chi connectivity index (χ4n) is 0.821. The van der Waals surface area contributed by atoms with Crippen LogP contribution in [0, 0.1) is 0 Å². The zero-order chi connectivity index (χ0) is 7.52. The van der Waals surface area contributed by atoms with E-state index < -0.39 is 0 Å². The van der Waals surface area contributed by atoms with Crippen molar-refractivity contribution in [1.82, 2.24) is 0 Å². The molecule has 0 N–H and O–H groups in total. The Balaban J connectivity index is 2.14. The number of rotatable bonds is 2. The van der Waals surface area contributed by atoms with E-state index in [-0.39, 0.29) is 15.4 Å². The summed E-state index contributed by atoms with van der Waals surface area (Å²) in [5, 5.41) is 4.32. The third-order valence-corrected chi connectivity index (χ3v) is 6.93. The predicted octanol–water partition coefficient (Wildman–Crippen LogP) is 1.46. The molecule has 0 saturated carbocycles. The fraction of sp³-hybridized carbons (Fsp3) is 0. The van der Waals surface area contributed by atoms with Crippen molar-refractivity contribution < 1.29 is 0 Å². The SMILES string of the molecule is c1cs[c]([Ge][c]2cccs2)c1. The first-order valence-corrected chi connectivity index (χ1v) is 7.15. The quantitative estimate of drug-likeness (QED) is 0.696. The first-order valence-electron chi connectivity index (χ1n) is 3.29. The Hall–Kier alpha value is -0.0571. The van der Waals surface area contributed by atoms with Gasteiger partial charge in [0.05, 0.1) is 0 Å².